The summed E-state index contributed by atoms with van der Waals surface area (Å²) in [6.07, 6.45) is 8.84. The summed E-state index contributed by atoms with van der Waals surface area (Å²) in [6.45, 7) is 9.46. The minimum atomic E-state index is -0.00577. The van der Waals surface area contributed by atoms with E-state index in [1.807, 2.05) is 11.8 Å². The van der Waals surface area contributed by atoms with E-state index < -0.39 is 0 Å². The molecule has 3 heteroatoms. The van der Waals surface area contributed by atoms with Crippen LogP contribution in [0.2, 0.25) is 0 Å². The SMILES string of the molecule is CC(C)CCCCCCNC(C)C(=O)N1CCCC1. The van der Waals surface area contributed by atoms with Crippen LogP contribution in [0.5, 0.6) is 0 Å². The summed E-state index contributed by atoms with van der Waals surface area (Å²) >= 11 is 0. The number of nitrogens with zero attached hydrogens (tertiary/aromatic N) is 1. The Morgan fingerprint density at radius 1 is 1.05 bits per heavy atom. The van der Waals surface area contributed by atoms with Crippen molar-refractivity contribution >= 4 is 5.91 Å². The number of carbonyl (C=O) groups is 1. The number of hydrogen-bond acceptors (Lipinski definition) is 2. The Hall–Kier alpha value is -0.570. The van der Waals surface area contributed by atoms with E-state index in [4.69, 9.17) is 0 Å². The lowest BCUT2D eigenvalue weighted by Gasteiger charge is -2.21. The predicted molar refractivity (Wildman–Crippen MR) is 81.2 cm³/mol. The van der Waals surface area contributed by atoms with Gasteiger partial charge in [0.1, 0.15) is 0 Å². The molecule has 0 saturated carbocycles. The first-order chi connectivity index (χ1) is 9.11. The molecule has 1 fully saturated rings. The highest BCUT2D eigenvalue weighted by Gasteiger charge is 2.22. The average molecular weight is 268 g/mol. The Morgan fingerprint density at radius 2 is 1.68 bits per heavy atom. The summed E-state index contributed by atoms with van der Waals surface area (Å²) < 4.78 is 0. The van der Waals surface area contributed by atoms with Gasteiger partial charge in [-0.05, 0) is 38.6 Å². The first kappa shape index (κ1) is 16.5. The fourth-order valence-electron chi connectivity index (χ4n) is 2.65. The van der Waals surface area contributed by atoms with E-state index in [0.717, 1.165) is 25.6 Å². The molecule has 0 bridgehead atoms. The molecule has 1 atom stereocenters. The van der Waals surface area contributed by atoms with Crippen LogP contribution in [0.4, 0.5) is 0 Å². The summed E-state index contributed by atoms with van der Waals surface area (Å²) in [4.78, 5) is 14.1. The smallest absolute Gasteiger partial charge is 0.239 e. The van der Waals surface area contributed by atoms with Crippen LogP contribution in [-0.4, -0.2) is 36.5 Å². The Kier molecular flexibility index (Phi) is 8.11. The van der Waals surface area contributed by atoms with Crippen molar-refractivity contribution in [3.05, 3.63) is 0 Å². The minimum absolute atomic E-state index is 0.00577. The lowest BCUT2D eigenvalue weighted by molar-refractivity contribution is -0.131. The van der Waals surface area contributed by atoms with E-state index in [1.165, 1.54) is 44.9 Å². The van der Waals surface area contributed by atoms with Crippen molar-refractivity contribution in [2.45, 2.75) is 71.8 Å². The minimum Gasteiger partial charge on any atom is -0.341 e. The molecule has 1 saturated heterocycles. The quantitative estimate of drug-likeness (QED) is 0.651. The lowest BCUT2D eigenvalue weighted by atomic mass is 10.0. The van der Waals surface area contributed by atoms with Crippen LogP contribution in [0.15, 0.2) is 0 Å². The van der Waals surface area contributed by atoms with Gasteiger partial charge >= 0.3 is 0 Å². The molecule has 1 N–H and O–H groups in total. The molecule has 0 aromatic rings. The van der Waals surface area contributed by atoms with Gasteiger partial charge in [-0.15, -0.1) is 0 Å². The number of carbonyl (C=O) groups excluding carboxylic acids is 1. The van der Waals surface area contributed by atoms with Gasteiger partial charge in [0.05, 0.1) is 6.04 Å². The van der Waals surface area contributed by atoms with Crippen molar-refractivity contribution in [1.29, 1.82) is 0 Å². The summed E-state index contributed by atoms with van der Waals surface area (Å²) in [5, 5.41) is 3.37. The van der Waals surface area contributed by atoms with Gasteiger partial charge < -0.3 is 10.2 Å². The van der Waals surface area contributed by atoms with E-state index in [-0.39, 0.29) is 11.9 Å². The van der Waals surface area contributed by atoms with Gasteiger partial charge in [0, 0.05) is 13.1 Å². The molecule has 1 aliphatic heterocycles. The van der Waals surface area contributed by atoms with Gasteiger partial charge in [0.15, 0.2) is 0 Å². The molecule has 0 aromatic heterocycles. The van der Waals surface area contributed by atoms with Crippen molar-refractivity contribution in [2.75, 3.05) is 19.6 Å². The third kappa shape index (κ3) is 6.95. The summed E-state index contributed by atoms with van der Waals surface area (Å²) in [7, 11) is 0. The second kappa shape index (κ2) is 9.35. The van der Waals surface area contributed by atoms with Crippen LogP contribution in [0.25, 0.3) is 0 Å². The van der Waals surface area contributed by atoms with Crippen molar-refractivity contribution in [3.63, 3.8) is 0 Å². The molecule has 0 aliphatic carbocycles. The number of likely N-dealkylation sites (tertiary alicyclic amines) is 1. The Balaban J connectivity index is 1.97. The molecule has 1 rings (SSSR count). The average Bonchev–Trinajstić information content (AvgIpc) is 2.89. The van der Waals surface area contributed by atoms with Crippen molar-refractivity contribution in [3.8, 4) is 0 Å². The van der Waals surface area contributed by atoms with Crippen LogP contribution in [0.1, 0.15) is 65.7 Å². The zero-order chi connectivity index (χ0) is 14.1. The molecule has 112 valence electrons. The van der Waals surface area contributed by atoms with E-state index in [9.17, 15) is 4.79 Å². The van der Waals surface area contributed by atoms with Gasteiger partial charge in [-0.2, -0.15) is 0 Å². The number of nitrogens with one attached hydrogen (secondary N) is 1. The molecule has 1 aliphatic rings. The van der Waals surface area contributed by atoms with Gasteiger partial charge in [0.2, 0.25) is 5.91 Å². The van der Waals surface area contributed by atoms with Gasteiger partial charge in [0.25, 0.3) is 0 Å². The number of unbranched alkanes of at least 4 members (excludes halogenated alkanes) is 3. The molecule has 1 amide bonds. The number of hydrogen-bond donors (Lipinski definition) is 1. The second-order valence-electron chi connectivity index (χ2n) is 6.30. The number of rotatable bonds is 9. The molecule has 0 aromatic carbocycles. The normalized spacial score (nSPS) is 17.2. The van der Waals surface area contributed by atoms with Gasteiger partial charge in [-0.1, -0.05) is 39.5 Å². The van der Waals surface area contributed by atoms with Gasteiger partial charge in [-0.25, -0.2) is 0 Å². The Morgan fingerprint density at radius 3 is 2.32 bits per heavy atom. The van der Waals surface area contributed by atoms with Crippen LogP contribution in [0, 0.1) is 5.92 Å². The Labute approximate surface area is 119 Å². The lowest BCUT2D eigenvalue weighted by Crippen LogP contribution is -2.43. The fraction of sp³-hybridized carbons (Fsp3) is 0.938. The zero-order valence-corrected chi connectivity index (χ0v) is 13.1. The highest BCUT2D eigenvalue weighted by molar-refractivity contribution is 5.81. The molecular weight excluding hydrogens is 236 g/mol. The van der Waals surface area contributed by atoms with Gasteiger partial charge in [-0.3, -0.25) is 4.79 Å². The second-order valence-corrected chi connectivity index (χ2v) is 6.30. The van der Waals surface area contributed by atoms with E-state index >= 15 is 0 Å². The van der Waals surface area contributed by atoms with Crippen molar-refractivity contribution in [1.82, 2.24) is 10.2 Å². The molecule has 1 heterocycles. The van der Waals surface area contributed by atoms with Crippen LogP contribution < -0.4 is 5.32 Å². The van der Waals surface area contributed by atoms with E-state index in [1.54, 1.807) is 0 Å². The highest BCUT2D eigenvalue weighted by atomic mass is 16.2. The topological polar surface area (TPSA) is 32.3 Å². The summed E-state index contributed by atoms with van der Waals surface area (Å²) in [5.41, 5.74) is 0. The Bertz CT molecular complexity index is 247. The zero-order valence-electron chi connectivity index (χ0n) is 13.1. The molecule has 3 nitrogen and oxygen atoms in total. The van der Waals surface area contributed by atoms with E-state index in [0.29, 0.717) is 0 Å². The monoisotopic (exact) mass is 268 g/mol. The summed E-state index contributed by atoms with van der Waals surface area (Å²) in [6, 6.07) is -0.00577. The maximum absolute atomic E-state index is 12.0. The van der Waals surface area contributed by atoms with Crippen LogP contribution in [0.3, 0.4) is 0 Å². The molecule has 0 radical (unpaired) electrons. The first-order valence-corrected chi connectivity index (χ1v) is 8.13. The highest BCUT2D eigenvalue weighted by Crippen LogP contribution is 2.10. The fourth-order valence-corrected chi connectivity index (χ4v) is 2.65. The molecular formula is C16H32N2O. The summed E-state index contributed by atoms with van der Waals surface area (Å²) in [5.74, 6) is 1.12. The third-order valence-corrected chi connectivity index (χ3v) is 3.95. The standard InChI is InChI=1S/C16H32N2O/c1-14(2)10-6-4-5-7-11-17-15(3)16(19)18-12-8-9-13-18/h14-15,17H,4-13H2,1-3H3. The molecule has 1 unspecified atom stereocenters. The van der Waals surface area contributed by atoms with Crippen LogP contribution in [-0.2, 0) is 4.79 Å². The van der Waals surface area contributed by atoms with Crippen LogP contribution >= 0.6 is 0 Å². The predicted octanol–water partition coefficient (Wildman–Crippen LogP) is 3.19. The molecule has 0 spiro atoms. The third-order valence-electron chi connectivity index (χ3n) is 3.95. The maximum atomic E-state index is 12.0. The van der Waals surface area contributed by atoms with Crippen molar-refractivity contribution < 1.29 is 4.79 Å². The van der Waals surface area contributed by atoms with Crippen molar-refractivity contribution in [2.24, 2.45) is 5.92 Å². The molecule has 19 heavy (non-hydrogen) atoms. The van der Waals surface area contributed by atoms with E-state index in [2.05, 4.69) is 19.2 Å². The number of amides is 1. The first-order valence-electron chi connectivity index (χ1n) is 8.13. The largest absolute Gasteiger partial charge is 0.341 e. The maximum Gasteiger partial charge on any atom is 0.239 e.